The van der Waals surface area contributed by atoms with Crippen molar-refractivity contribution < 1.29 is 18.0 Å². The smallest absolute Gasteiger partial charge is 0.341 e. The Kier molecular flexibility index (Phi) is 6.81. The predicted molar refractivity (Wildman–Crippen MR) is 116 cm³/mol. The highest BCUT2D eigenvalue weighted by Gasteiger charge is 2.36. The van der Waals surface area contributed by atoms with Crippen molar-refractivity contribution in [3.8, 4) is 0 Å². The molecule has 1 atom stereocenters. The molecule has 1 aromatic heterocycles. The molecular weight excluding hydrogens is 419 g/mol. The number of hydrogen-bond donors (Lipinski definition) is 1. The first-order chi connectivity index (χ1) is 15.4. The quantitative estimate of drug-likeness (QED) is 0.704. The third-order valence-corrected chi connectivity index (χ3v) is 6.39. The SMILES string of the molecule is O=C(Nc1ccccc1)N1CCCCC[C@H]1C1CCN(c2nccc(C(F)(F)F)n2)CC1. The number of benzene rings is 1. The van der Waals surface area contributed by atoms with Gasteiger partial charge in [-0.2, -0.15) is 13.2 Å². The number of anilines is 2. The van der Waals surface area contributed by atoms with Crippen LogP contribution in [-0.2, 0) is 6.18 Å². The zero-order chi connectivity index (χ0) is 22.6. The second kappa shape index (κ2) is 9.75. The lowest BCUT2D eigenvalue weighted by Gasteiger charge is -2.40. The third kappa shape index (κ3) is 5.31. The Morgan fingerprint density at radius 1 is 0.969 bits per heavy atom. The molecule has 2 saturated heterocycles. The number of carbonyl (C=O) groups is 1. The lowest BCUT2D eigenvalue weighted by molar-refractivity contribution is -0.141. The number of piperidine rings is 1. The molecule has 2 aliphatic rings. The number of hydrogen-bond acceptors (Lipinski definition) is 4. The van der Waals surface area contributed by atoms with Crippen molar-refractivity contribution in [2.75, 3.05) is 29.9 Å². The fourth-order valence-corrected chi connectivity index (χ4v) is 4.74. The summed E-state index contributed by atoms with van der Waals surface area (Å²) in [6.45, 7) is 1.88. The zero-order valence-electron chi connectivity index (χ0n) is 17.9. The van der Waals surface area contributed by atoms with Crippen molar-refractivity contribution in [2.45, 2.75) is 50.7 Å². The summed E-state index contributed by atoms with van der Waals surface area (Å²) in [6, 6.07) is 10.4. The van der Waals surface area contributed by atoms with Crippen molar-refractivity contribution >= 4 is 17.7 Å². The summed E-state index contributed by atoms with van der Waals surface area (Å²) in [7, 11) is 0. The minimum Gasteiger partial charge on any atom is -0.341 e. The van der Waals surface area contributed by atoms with Gasteiger partial charge in [-0.1, -0.05) is 31.0 Å². The average Bonchev–Trinajstić information content (AvgIpc) is 3.06. The molecular formula is C23H28F3N5O. The van der Waals surface area contributed by atoms with E-state index < -0.39 is 11.9 Å². The van der Waals surface area contributed by atoms with E-state index in [0.717, 1.165) is 63.0 Å². The van der Waals surface area contributed by atoms with E-state index in [-0.39, 0.29) is 18.0 Å². The van der Waals surface area contributed by atoms with Crippen LogP contribution in [0.1, 0.15) is 44.2 Å². The maximum atomic E-state index is 13.1. The number of nitrogens with zero attached hydrogens (tertiary/aromatic N) is 4. The minimum atomic E-state index is -4.48. The summed E-state index contributed by atoms with van der Waals surface area (Å²) in [5, 5.41) is 3.01. The van der Waals surface area contributed by atoms with Gasteiger partial charge in [-0.15, -0.1) is 0 Å². The van der Waals surface area contributed by atoms with Crippen LogP contribution >= 0.6 is 0 Å². The molecule has 1 N–H and O–H groups in total. The van der Waals surface area contributed by atoms with Gasteiger partial charge in [-0.3, -0.25) is 0 Å². The lowest BCUT2D eigenvalue weighted by Crippen LogP contribution is -2.49. The summed E-state index contributed by atoms with van der Waals surface area (Å²) < 4.78 is 39.0. The fraction of sp³-hybridized carbons (Fsp3) is 0.522. The molecule has 3 heterocycles. The summed E-state index contributed by atoms with van der Waals surface area (Å²) in [5.74, 6) is 0.425. The van der Waals surface area contributed by atoms with Crippen LogP contribution in [0.5, 0.6) is 0 Å². The highest BCUT2D eigenvalue weighted by molar-refractivity contribution is 5.89. The van der Waals surface area contributed by atoms with Crippen LogP contribution in [0.25, 0.3) is 0 Å². The van der Waals surface area contributed by atoms with Gasteiger partial charge in [0.25, 0.3) is 0 Å². The van der Waals surface area contributed by atoms with Gasteiger partial charge in [0, 0.05) is 37.6 Å². The summed E-state index contributed by atoms with van der Waals surface area (Å²) >= 11 is 0. The fourth-order valence-electron chi connectivity index (χ4n) is 4.74. The van der Waals surface area contributed by atoms with Gasteiger partial charge < -0.3 is 15.1 Å². The van der Waals surface area contributed by atoms with Crippen molar-refractivity contribution in [1.82, 2.24) is 14.9 Å². The molecule has 9 heteroatoms. The molecule has 0 spiro atoms. The van der Waals surface area contributed by atoms with E-state index >= 15 is 0 Å². The second-order valence-corrected chi connectivity index (χ2v) is 8.47. The predicted octanol–water partition coefficient (Wildman–Crippen LogP) is 5.19. The van der Waals surface area contributed by atoms with Crippen LogP contribution in [0, 0.1) is 5.92 Å². The molecule has 0 radical (unpaired) electrons. The largest absolute Gasteiger partial charge is 0.433 e. The van der Waals surface area contributed by atoms with E-state index in [1.807, 2.05) is 40.1 Å². The molecule has 0 bridgehead atoms. The van der Waals surface area contributed by atoms with E-state index in [1.54, 1.807) is 0 Å². The summed E-state index contributed by atoms with van der Waals surface area (Å²) in [4.78, 5) is 24.6. The second-order valence-electron chi connectivity index (χ2n) is 8.47. The topological polar surface area (TPSA) is 61.4 Å². The highest BCUT2D eigenvalue weighted by atomic mass is 19.4. The van der Waals surface area contributed by atoms with Crippen LogP contribution in [-0.4, -0.2) is 46.6 Å². The van der Waals surface area contributed by atoms with Gasteiger partial charge in [0.15, 0.2) is 0 Å². The number of urea groups is 1. The summed E-state index contributed by atoms with van der Waals surface area (Å²) in [6.07, 6.45) is 2.38. The van der Waals surface area contributed by atoms with Crippen LogP contribution < -0.4 is 10.2 Å². The van der Waals surface area contributed by atoms with Crippen LogP contribution in [0.2, 0.25) is 0 Å². The molecule has 172 valence electrons. The molecule has 0 aliphatic carbocycles. The molecule has 2 aliphatic heterocycles. The summed E-state index contributed by atoms with van der Waals surface area (Å²) in [5.41, 5.74) is -0.144. The van der Waals surface area contributed by atoms with Crippen LogP contribution in [0.3, 0.4) is 0 Å². The van der Waals surface area contributed by atoms with Gasteiger partial charge in [0.05, 0.1) is 0 Å². The number of amides is 2. The molecule has 2 aromatic rings. The molecule has 32 heavy (non-hydrogen) atoms. The van der Waals surface area contributed by atoms with Gasteiger partial charge >= 0.3 is 12.2 Å². The number of likely N-dealkylation sites (tertiary alicyclic amines) is 1. The molecule has 4 rings (SSSR count). The third-order valence-electron chi connectivity index (χ3n) is 6.39. The van der Waals surface area contributed by atoms with Gasteiger partial charge in [-0.25, -0.2) is 14.8 Å². The highest BCUT2D eigenvalue weighted by Crippen LogP contribution is 2.33. The Bertz CT molecular complexity index is 900. The standard InChI is InChI=1S/C23H28F3N5O/c24-23(25,26)20-10-13-27-21(29-20)30-15-11-17(12-16-30)19-9-5-2-6-14-31(19)22(32)28-18-7-3-1-4-8-18/h1,3-4,7-8,10,13,17,19H,2,5-6,9,11-12,14-16H2,(H,28,32)/t19-/m0/s1. The van der Waals surface area contributed by atoms with Crippen molar-refractivity contribution in [1.29, 1.82) is 0 Å². The molecule has 0 unspecified atom stereocenters. The Morgan fingerprint density at radius 3 is 2.44 bits per heavy atom. The normalized spacial score (nSPS) is 20.7. The first kappa shape index (κ1) is 22.4. The number of rotatable bonds is 3. The van der Waals surface area contributed by atoms with E-state index in [4.69, 9.17) is 0 Å². The van der Waals surface area contributed by atoms with E-state index in [2.05, 4.69) is 15.3 Å². The Labute approximate surface area is 185 Å². The average molecular weight is 448 g/mol. The van der Waals surface area contributed by atoms with Crippen LogP contribution in [0.4, 0.5) is 29.6 Å². The van der Waals surface area contributed by atoms with Crippen molar-refractivity contribution in [2.24, 2.45) is 5.92 Å². The number of para-hydroxylation sites is 1. The molecule has 2 fully saturated rings. The van der Waals surface area contributed by atoms with E-state index in [0.29, 0.717) is 19.0 Å². The number of alkyl halides is 3. The van der Waals surface area contributed by atoms with Gasteiger partial charge in [0.1, 0.15) is 5.69 Å². The Morgan fingerprint density at radius 2 is 1.72 bits per heavy atom. The first-order valence-corrected chi connectivity index (χ1v) is 11.2. The van der Waals surface area contributed by atoms with E-state index in [9.17, 15) is 18.0 Å². The Hall–Kier alpha value is -2.84. The van der Waals surface area contributed by atoms with Crippen molar-refractivity contribution in [3.05, 3.63) is 48.3 Å². The monoisotopic (exact) mass is 447 g/mol. The van der Waals surface area contributed by atoms with Crippen LogP contribution in [0.15, 0.2) is 42.6 Å². The van der Waals surface area contributed by atoms with E-state index in [1.165, 1.54) is 0 Å². The number of halogens is 3. The molecule has 6 nitrogen and oxygen atoms in total. The number of nitrogens with one attached hydrogen (secondary N) is 1. The molecule has 1 aromatic carbocycles. The molecule has 0 saturated carbocycles. The van der Waals surface area contributed by atoms with Crippen molar-refractivity contribution in [3.63, 3.8) is 0 Å². The molecule has 2 amide bonds. The maximum Gasteiger partial charge on any atom is 0.433 e. The number of carbonyl (C=O) groups excluding carboxylic acids is 1. The maximum absolute atomic E-state index is 13.1. The minimum absolute atomic E-state index is 0.0771. The Balaban J connectivity index is 1.42. The van der Waals surface area contributed by atoms with Gasteiger partial charge in [0.2, 0.25) is 5.95 Å². The number of aromatic nitrogens is 2. The van der Waals surface area contributed by atoms with Gasteiger partial charge in [-0.05, 0) is 49.8 Å². The first-order valence-electron chi connectivity index (χ1n) is 11.2. The lowest BCUT2D eigenvalue weighted by atomic mass is 9.86. The zero-order valence-corrected chi connectivity index (χ0v) is 17.9.